The molecule has 0 bridgehead atoms. The minimum absolute atomic E-state index is 0.178. The van der Waals surface area contributed by atoms with E-state index in [2.05, 4.69) is 23.6 Å². The van der Waals surface area contributed by atoms with Gasteiger partial charge in [0.2, 0.25) is 5.43 Å². The molecule has 1 aromatic rings. The summed E-state index contributed by atoms with van der Waals surface area (Å²) in [4.78, 5) is 16.3. The van der Waals surface area contributed by atoms with Crippen molar-refractivity contribution < 1.29 is 9.84 Å². The molecule has 0 amide bonds. The molecule has 130 valence electrons. The molecule has 1 aliphatic rings. The Kier molecular flexibility index (Phi) is 6.21. The van der Waals surface area contributed by atoms with Crippen LogP contribution in [-0.4, -0.2) is 65.4 Å². The third kappa shape index (κ3) is 5.34. The number of aromatic nitrogens is 1. The Morgan fingerprint density at radius 1 is 1.30 bits per heavy atom. The summed E-state index contributed by atoms with van der Waals surface area (Å²) in [7, 11) is 4.08. The lowest BCUT2D eigenvalue weighted by atomic mass is 10.2. The van der Waals surface area contributed by atoms with E-state index in [4.69, 9.17) is 4.74 Å². The normalized spacial score (nSPS) is 22.7. The van der Waals surface area contributed by atoms with Crippen LogP contribution in [0.3, 0.4) is 0 Å². The number of nitrogens with zero attached hydrogens (tertiary/aromatic N) is 3. The van der Waals surface area contributed by atoms with Crippen LogP contribution in [0.15, 0.2) is 17.1 Å². The highest BCUT2D eigenvalue weighted by atomic mass is 16.5. The molecule has 23 heavy (non-hydrogen) atoms. The fraction of sp³-hybridized carbons (Fsp3) is 0.706. The van der Waals surface area contributed by atoms with Crippen LogP contribution in [0.25, 0.3) is 0 Å². The Hall–Kier alpha value is -1.37. The van der Waals surface area contributed by atoms with E-state index < -0.39 is 0 Å². The van der Waals surface area contributed by atoms with Crippen molar-refractivity contribution in [2.75, 3.05) is 33.7 Å². The van der Waals surface area contributed by atoms with Gasteiger partial charge in [0.25, 0.3) is 0 Å². The molecule has 1 aliphatic heterocycles. The van der Waals surface area contributed by atoms with Crippen LogP contribution in [0.4, 0.5) is 0 Å². The second-order valence-electron chi connectivity index (χ2n) is 6.82. The highest BCUT2D eigenvalue weighted by molar-refractivity contribution is 5.20. The summed E-state index contributed by atoms with van der Waals surface area (Å²) in [6.07, 6.45) is 2.94. The van der Waals surface area contributed by atoms with Gasteiger partial charge in [0, 0.05) is 37.9 Å². The molecular weight excluding hydrogens is 294 g/mol. The van der Waals surface area contributed by atoms with Crippen molar-refractivity contribution in [2.45, 2.75) is 45.6 Å². The summed E-state index contributed by atoms with van der Waals surface area (Å²) < 4.78 is 7.77. The van der Waals surface area contributed by atoms with E-state index in [1.54, 1.807) is 12.3 Å². The maximum Gasteiger partial charge on any atom is 0.223 e. The van der Waals surface area contributed by atoms with Crippen molar-refractivity contribution in [1.82, 2.24) is 14.4 Å². The highest BCUT2D eigenvalue weighted by Gasteiger charge is 2.23. The van der Waals surface area contributed by atoms with Crippen molar-refractivity contribution in [2.24, 2.45) is 0 Å². The Bertz CT molecular complexity index is 561. The molecule has 0 radical (unpaired) electrons. The first kappa shape index (κ1) is 18.0. The van der Waals surface area contributed by atoms with Gasteiger partial charge in [0.15, 0.2) is 5.75 Å². The first-order chi connectivity index (χ1) is 10.8. The van der Waals surface area contributed by atoms with Gasteiger partial charge >= 0.3 is 0 Å². The van der Waals surface area contributed by atoms with Crippen LogP contribution in [0.1, 0.15) is 26.0 Å². The number of pyridine rings is 1. The fourth-order valence-electron chi connectivity index (χ4n) is 3.15. The molecule has 6 heteroatoms. The minimum atomic E-state index is -0.307. The molecule has 0 spiro atoms. The van der Waals surface area contributed by atoms with Crippen LogP contribution in [-0.2, 0) is 17.8 Å². The third-order valence-corrected chi connectivity index (χ3v) is 4.08. The van der Waals surface area contributed by atoms with Crippen LogP contribution in [0.5, 0.6) is 5.75 Å². The van der Waals surface area contributed by atoms with E-state index in [0.29, 0.717) is 6.54 Å². The van der Waals surface area contributed by atoms with E-state index >= 15 is 0 Å². The van der Waals surface area contributed by atoms with E-state index in [9.17, 15) is 9.90 Å². The Morgan fingerprint density at radius 3 is 2.57 bits per heavy atom. The monoisotopic (exact) mass is 323 g/mol. The highest BCUT2D eigenvalue weighted by Crippen LogP contribution is 2.15. The first-order valence-electron chi connectivity index (χ1n) is 8.30. The molecule has 1 saturated heterocycles. The Balaban J connectivity index is 2.12. The van der Waals surface area contributed by atoms with E-state index in [1.807, 2.05) is 18.7 Å². The number of hydrogen-bond acceptors (Lipinski definition) is 5. The van der Waals surface area contributed by atoms with Crippen LogP contribution in [0, 0.1) is 0 Å². The van der Waals surface area contributed by atoms with Gasteiger partial charge in [-0.3, -0.25) is 9.69 Å². The fourth-order valence-corrected chi connectivity index (χ4v) is 3.15. The van der Waals surface area contributed by atoms with Crippen molar-refractivity contribution in [3.8, 4) is 5.75 Å². The van der Waals surface area contributed by atoms with Crippen LogP contribution < -0.4 is 5.43 Å². The number of aryl methyl sites for hydroxylation is 1. The van der Waals surface area contributed by atoms with E-state index in [0.717, 1.165) is 38.3 Å². The summed E-state index contributed by atoms with van der Waals surface area (Å²) in [6.45, 7) is 8.33. The van der Waals surface area contributed by atoms with E-state index in [1.165, 1.54) is 0 Å². The molecule has 2 atom stereocenters. The summed E-state index contributed by atoms with van der Waals surface area (Å²) >= 11 is 0. The average molecular weight is 323 g/mol. The molecule has 1 N–H and O–H groups in total. The van der Waals surface area contributed by atoms with Gasteiger partial charge in [-0.25, -0.2) is 0 Å². The van der Waals surface area contributed by atoms with Crippen molar-refractivity contribution in [3.05, 3.63) is 28.2 Å². The van der Waals surface area contributed by atoms with Gasteiger partial charge in [0.05, 0.1) is 18.4 Å². The van der Waals surface area contributed by atoms with Crippen LogP contribution in [0.2, 0.25) is 0 Å². The SMILES string of the molecule is CC1CN(Cc2cc(=O)c(O)cn2CCCN(C)C)CC(C)O1. The molecule has 0 aliphatic carbocycles. The Morgan fingerprint density at radius 2 is 1.96 bits per heavy atom. The topological polar surface area (TPSA) is 57.9 Å². The lowest BCUT2D eigenvalue weighted by molar-refractivity contribution is -0.0710. The molecule has 1 fully saturated rings. The van der Waals surface area contributed by atoms with Gasteiger partial charge in [0.1, 0.15) is 0 Å². The lowest BCUT2D eigenvalue weighted by Crippen LogP contribution is -2.45. The van der Waals surface area contributed by atoms with Crippen molar-refractivity contribution in [1.29, 1.82) is 0 Å². The molecule has 2 heterocycles. The van der Waals surface area contributed by atoms with Gasteiger partial charge < -0.3 is 19.3 Å². The van der Waals surface area contributed by atoms with Gasteiger partial charge in [-0.1, -0.05) is 0 Å². The lowest BCUT2D eigenvalue weighted by Gasteiger charge is -2.35. The average Bonchev–Trinajstić information content (AvgIpc) is 2.42. The molecule has 0 saturated carbocycles. The first-order valence-corrected chi connectivity index (χ1v) is 8.30. The molecular formula is C17H29N3O3. The summed E-state index contributed by atoms with van der Waals surface area (Å²) in [5, 5.41) is 9.75. The number of aromatic hydroxyl groups is 1. The summed E-state index contributed by atoms with van der Waals surface area (Å²) in [6, 6.07) is 1.57. The van der Waals surface area contributed by atoms with Gasteiger partial charge in [-0.05, 0) is 40.9 Å². The molecule has 2 rings (SSSR count). The van der Waals surface area contributed by atoms with Gasteiger partial charge in [-0.2, -0.15) is 0 Å². The predicted octanol–water partition coefficient (Wildman–Crippen LogP) is 1.11. The zero-order valence-corrected chi connectivity index (χ0v) is 14.7. The number of hydrogen-bond donors (Lipinski definition) is 1. The van der Waals surface area contributed by atoms with Crippen LogP contribution >= 0.6 is 0 Å². The second kappa shape index (κ2) is 7.95. The third-order valence-electron chi connectivity index (χ3n) is 4.08. The molecule has 6 nitrogen and oxygen atoms in total. The largest absolute Gasteiger partial charge is 0.503 e. The number of morpholine rings is 1. The maximum atomic E-state index is 11.8. The van der Waals surface area contributed by atoms with Gasteiger partial charge in [-0.15, -0.1) is 0 Å². The standard InChI is InChI=1S/C17H29N3O3/c1-13-9-19(10-14(2)23-13)11-15-8-16(21)17(22)12-20(15)7-5-6-18(3)4/h8,12-14,22H,5-7,9-11H2,1-4H3. The summed E-state index contributed by atoms with van der Waals surface area (Å²) in [5.41, 5.74) is 0.645. The Labute approximate surface area is 138 Å². The molecule has 1 aromatic heterocycles. The van der Waals surface area contributed by atoms with E-state index in [-0.39, 0.29) is 23.4 Å². The maximum absolute atomic E-state index is 11.8. The number of ether oxygens (including phenoxy) is 1. The molecule has 2 unspecified atom stereocenters. The minimum Gasteiger partial charge on any atom is -0.503 e. The quantitative estimate of drug-likeness (QED) is 0.850. The van der Waals surface area contributed by atoms with Crippen molar-refractivity contribution in [3.63, 3.8) is 0 Å². The molecule has 0 aromatic carbocycles. The number of rotatable bonds is 6. The second-order valence-corrected chi connectivity index (χ2v) is 6.82. The zero-order chi connectivity index (χ0) is 17.0. The van der Waals surface area contributed by atoms with Crippen molar-refractivity contribution >= 4 is 0 Å². The zero-order valence-electron chi connectivity index (χ0n) is 14.7. The smallest absolute Gasteiger partial charge is 0.223 e. The predicted molar refractivity (Wildman–Crippen MR) is 90.8 cm³/mol. The summed E-state index contributed by atoms with van der Waals surface area (Å²) in [5.74, 6) is -0.178.